The van der Waals surface area contributed by atoms with Gasteiger partial charge in [-0.15, -0.1) is 0 Å². The maximum absolute atomic E-state index is 3.87. The highest BCUT2D eigenvalue weighted by molar-refractivity contribution is 6.13. The van der Waals surface area contributed by atoms with Gasteiger partial charge in [-0.2, -0.15) is 0 Å². The Morgan fingerprint density at radius 2 is 1.55 bits per heavy atom. The fourth-order valence-electron chi connectivity index (χ4n) is 5.68. The van der Waals surface area contributed by atoms with E-state index in [9.17, 15) is 0 Å². The molecule has 1 aromatic heterocycles. The van der Waals surface area contributed by atoms with Crippen molar-refractivity contribution in [3.05, 3.63) is 120 Å². The van der Waals surface area contributed by atoms with Crippen molar-refractivity contribution in [2.45, 2.75) is 26.2 Å². The van der Waals surface area contributed by atoms with Crippen LogP contribution in [-0.2, 0) is 5.41 Å². The number of fused-ring (bicyclic) bond motifs is 6. The minimum Gasteiger partial charge on any atom is -0.309 e. The molecular formula is C32H27N. The van der Waals surface area contributed by atoms with Gasteiger partial charge in [-0.05, 0) is 64.6 Å². The van der Waals surface area contributed by atoms with E-state index < -0.39 is 0 Å². The molecule has 0 bridgehead atoms. The highest BCUT2D eigenvalue weighted by Crippen LogP contribution is 2.49. The van der Waals surface area contributed by atoms with Crippen LogP contribution in [0.15, 0.2) is 97.6 Å². The molecule has 0 radical (unpaired) electrons. The first kappa shape index (κ1) is 19.8. The first-order chi connectivity index (χ1) is 16.0. The summed E-state index contributed by atoms with van der Waals surface area (Å²) in [5.74, 6) is 0. The Morgan fingerprint density at radius 1 is 0.788 bits per heavy atom. The normalized spacial score (nSPS) is 14.2. The third-order valence-electron chi connectivity index (χ3n) is 7.32. The van der Waals surface area contributed by atoms with Crippen molar-refractivity contribution in [3.63, 3.8) is 0 Å². The Kier molecular flexibility index (Phi) is 4.25. The molecule has 1 heteroatoms. The minimum atomic E-state index is -0.0187. The molecule has 1 aliphatic carbocycles. The standard InChI is InChI=1S/C32H27N/c1-5-6-11-23-21(2)16-19-30-31(23)26-13-8-10-15-29(26)33(30)22-17-18-25-24-12-7-9-14-27(24)32(3,4)28(25)20-22/h5-20H,1H2,2-4H3/b11-6-. The number of hydrogen-bond donors (Lipinski definition) is 0. The zero-order chi connectivity index (χ0) is 22.7. The van der Waals surface area contributed by atoms with Gasteiger partial charge in [0.1, 0.15) is 0 Å². The van der Waals surface area contributed by atoms with Gasteiger partial charge in [-0.1, -0.05) is 93.3 Å². The van der Waals surface area contributed by atoms with E-state index in [2.05, 4.69) is 117 Å². The third kappa shape index (κ3) is 2.72. The van der Waals surface area contributed by atoms with E-state index in [1.165, 1.54) is 60.9 Å². The van der Waals surface area contributed by atoms with Crippen LogP contribution < -0.4 is 0 Å². The lowest BCUT2D eigenvalue weighted by Crippen LogP contribution is -2.15. The van der Waals surface area contributed by atoms with Crippen LogP contribution in [0.2, 0.25) is 0 Å². The second-order valence-corrected chi connectivity index (χ2v) is 9.54. The molecule has 0 spiro atoms. The molecule has 33 heavy (non-hydrogen) atoms. The van der Waals surface area contributed by atoms with Crippen molar-refractivity contribution in [2.24, 2.45) is 0 Å². The van der Waals surface area contributed by atoms with Crippen LogP contribution in [0.5, 0.6) is 0 Å². The third-order valence-corrected chi connectivity index (χ3v) is 7.32. The average Bonchev–Trinajstić information content (AvgIpc) is 3.28. The lowest BCUT2D eigenvalue weighted by atomic mass is 9.82. The fourth-order valence-corrected chi connectivity index (χ4v) is 5.68. The lowest BCUT2D eigenvalue weighted by Gasteiger charge is -2.22. The second kappa shape index (κ2) is 7.08. The molecular weight excluding hydrogens is 398 g/mol. The van der Waals surface area contributed by atoms with Crippen molar-refractivity contribution >= 4 is 27.9 Å². The Balaban J connectivity index is 1.68. The number of hydrogen-bond acceptors (Lipinski definition) is 0. The van der Waals surface area contributed by atoms with Gasteiger partial charge in [0, 0.05) is 21.9 Å². The van der Waals surface area contributed by atoms with Crippen LogP contribution in [0.25, 0.3) is 44.7 Å². The van der Waals surface area contributed by atoms with E-state index in [-0.39, 0.29) is 5.41 Å². The van der Waals surface area contributed by atoms with E-state index in [1.54, 1.807) is 0 Å². The smallest absolute Gasteiger partial charge is 0.0547 e. The molecule has 0 fully saturated rings. The lowest BCUT2D eigenvalue weighted by molar-refractivity contribution is 0.660. The SMILES string of the molecule is C=C/C=C\c1c(C)ccc2c1c1ccccc1n2-c1ccc2c(c1)C(C)(C)c1ccccc1-2. The molecule has 0 saturated carbocycles. The summed E-state index contributed by atoms with van der Waals surface area (Å²) in [5, 5.41) is 2.58. The van der Waals surface area contributed by atoms with Crippen molar-refractivity contribution in [1.82, 2.24) is 4.57 Å². The molecule has 1 aliphatic rings. The fraction of sp³-hybridized carbons (Fsp3) is 0.125. The molecule has 0 unspecified atom stereocenters. The predicted molar refractivity (Wildman–Crippen MR) is 142 cm³/mol. The number of nitrogens with zero attached hydrogens (tertiary/aromatic N) is 1. The van der Waals surface area contributed by atoms with Crippen molar-refractivity contribution < 1.29 is 0 Å². The first-order valence-corrected chi connectivity index (χ1v) is 11.6. The van der Waals surface area contributed by atoms with Gasteiger partial charge in [0.15, 0.2) is 0 Å². The number of rotatable bonds is 3. The molecule has 5 aromatic rings. The summed E-state index contributed by atoms with van der Waals surface area (Å²) in [6.07, 6.45) is 6.06. The van der Waals surface area contributed by atoms with E-state index in [0.29, 0.717) is 0 Å². The van der Waals surface area contributed by atoms with Gasteiger partial charge in [0.25, 0.3) is 0 Å². The summed E-state index contributed by atoms with van der Waals surface area (Å²) in [5.41, 5.74) is 11.7. The Labute approximate surface area is 195 Å². The number of benzene rings is 4. The van der Waals surface area contributed by atoms with E-state index in [4.69, 9.17) is 0 Å². The predicted octanol–water partition coefficient (Wildman–Crippen LogP) is 8.60. The van der Waals surface area contributed by atoms with Crippen molar-refractivity contribution in [1.29, 1.82) is 0 Å². The molecule has 160 valence electrons. The van der Waals surface area contributed by atoms with Crippen LogP contribution in [0.3, 0.4) is 0 Å². The molecule has 6 rings (SSSR count). The van der Waals surface area contributed by atoms with E-state index >= 15 is 0 Å². The minimum absolute atomic E-state index is 0.0187. The second-order valence-electron chi connectivity index (χ2n) is 9.54. The number of allylic oxidation sites excluding steroid dienone is 2. The van der Waals surface area contributed by atoms with Gasteiger partial charge in [-0.25, -0.2) is 0 Å². The van der Waals surface area contributed by atoms with Gasteiger partial charge >= 0.3 is 0 Å². The summed E-state index contributed by atoms with van der Waals surface area (Å²) in [4.78, 5) is 0. The Hall–Kier alpha value is -3.84. The van der Waals surface area contributed by atoms with Crippen molar-refractivity contribution in [3.8, 4) is 16.8 Å². The Morgan fingerprint density at radius 3 is 2.39 bits per heavy atom. The topological polar surface area (TPSA) is 4.93 Å². The highest BCUT2D eigenvalue weighted by Gasteiger charge is 2.35. The van der Waals surface area contributed by atoms with Gasteiger partial charge in [0.2, 0.25) is 0 Å². The summed E-state index contributed by atoms with van der Waals surface area (Å²) >= 11 is 0. The molecule has 0 N–H and O–H groups in total. The zero-order valence-electron chi connectivity index (χ0n) is 19.4. The van der Waals surface area contributed by atoms with Crippen molar-refractivity contribution in [2.75, 3.05) is 0 Å². The van der Waals surface area contributed by atoms with Crippen LogP contribution >= 0.6 is 0 Å². The number of para-hydroxylation sites is 1. The zero-order valence-corrected chi connectivity index (χ0v) is 19.4. The molecule has 0 atom stereocenters. The summed E-state index contributed by atoms with van der Waals surface area (Å²) in [6.45, 7) is 10.7. The highest BCUT2D eigenvalue weighted by atomic mass is 15.0. The van der Waals surface area contributed by atoms with Gasteiger partial charge in [-0.3, -0.25) is 0 Å². The van der Waals surface area contributed by atoms with E-state index in [1.807, 2.05) is 12.2 Å². The van der Waals surface area contributed by atoms with Gasteiger partial charge in [0.05, 0.1) is 11.0 Å². The van der Waals surface area contributed by atoms with Crippen LogP contribution in [0.4, 0.5) is 0 Å². The van der Waals surface area contributed by atoms with Gasteiger partial charge < -0.3 is 4.57 Å². The Bertz CT molecular complexity index is 1610. The maximum atomic E-state index is 3.87. The van der Waals surface area contributed by atoms with E-state index in [0.717, 1.165) is 0 Å². The molecule has 0 amide bonds. The quantitative estimate of drug-likeness (QED) is 0.255. The average molecular weight is 426 g/mol. The molecule has 0 saturated heterocycles. The largest absolute Gasteiger partial charge is 0.309 e. The first-order valence-electron chi connectivity index (χ1n) is 11.6. The van der Waals surface area contributed by atoms with Crippen LogP contribution in [0.1, 0.15) is 36.1 Å². The van der Waals surface area contributed by atoms with Crippen LogP contribution in [-0.4, -0.2) is 4.57 Å². The number of aromatic nitrogens is 1. The molecule has 4 aromatic carbocycles. The molecule has 1 nitrogen and oxygen atoms in total. The number of aryl methyl sites for hydroxylation is 1. The summed E-state index contributed by atoms with van der Waals surface area (Å²) in [6, 6.07) is 29.1. The monoisotopic (exact) mass is 425 g/mol. The molecule has 1 heterocycles. The summed E-state index contributed by atoms with van der Waals surface area (Å²) in [7, 11) is 0. The van der Waals surface area contributed by atoms with Crippen LogP contribution in [0, 0.1) is 6.92 Å². The maximum Gasteiger partial charge on any atom is 0.0547 e. The molecule has 0 aliphatic heterocycles. The summed E-state index contributed by atoms with van der Waals surface area (Å²) < 4.78 is 2.43.